The van der Waals surface area contributed by atoms with Crippen LogP contribution in [0.15, 0.2) is 29.2 Å². The number of aromatic nitrogens is 3. The topological polar surface area (TPSA) is 81.2 Å². The van der Waals surface area contributed by atoms with Gasteiger partial charge in [0.15, 0.2) is 0 Å². The number of aryl methyl sites for hydroxylation is 2. The molecule has 3 fully saturated rings. The number of piperazine rings is 1. The average molecular weight is 518 g/mol. The molecule has 3 aliphatic rings. The van der Waals surface area contributed by atoms with Gasteiger partial charge in [-0.25, -0.2) is 0 Å². The molecule has 3 aromatic rings. The zero-order valence-corrected chi connectivity index (χ0v) is 23.1. The Balaban J connectivity index is 1.24. The summed E-state index contributed by atoms with van der Waals surface area (Å²) in [6.45, 7) is 11.9. The predicted molar refractivity (Wildman–Crippen MR) is 154 cm³/mol. The average Bonchev–Trinajstić information content (AvgIpc) is 3.61. The smallest absolute Gasteiger partial charge is 0.252 e. The molecule has 1 aromatic carbocycles. The third-order valence-corrected chi connectivity index (χ3v) is 9.07. The second kappa shape index (κ2) is 11.2. The SMILES string of the molecule is Cc1cc(C)c(CNCc2cc(N3CCN(C4CCNCC4)CC3)cc3c2cnn3C2CCCC2)c(=O)[nH]1. The molecule has 1 aliphatic carbocycles. The number of fused-ring (bicyclic) bond motifs is 1. The van der Waals surface area contributed by atoms with E-state index in [1.807, 2.05) is 19.9 Å². The number of pyridine rings is 1. The molecule has 8 heteroatoms. The number of aromatic amines is 1. The fourth-order valence-corrected chi connectivity index (χ4v) is 6.91. The largest absolute Gasteiger partial charge is 0.369 e. The molecule has 0 radical (unpaired) electrons. The van der Waals surface area contributed by atoms with Crippen LogP contribution < -0.4 is 21.1 Å². The van der Waals surface area contributed by atoms with E-state index in [2.05, 4.69) is 48.4 Å². The van der Waals surface area contributed by atoms with Gasteiger partial charge < -0.3 is 20.5 Å². The molecule has 38 heavy (non-hydrogen) atoms. The lowest BCUT2D eigenvalue weighted by atomic mass is 10.0. The van der Waals surface area contributed by atoms with Gasteiger partial charge in [0.05, 0.1) is 17.8 Å². The monoisotopic (exact) mass is 517 g/mol. The number of benzene rings is 1. The Morgan fingerprint density at radius 2 is 1.71 bits per heavy atom. The molecule has 3 N–H and O–H groups in total. The van der Waals surface area contributed by atoms with Crippen molar-refractivity contribution in [3.05, 3.63) is 57.1 Å². The fraction of sp³-hybridized carbons (Fsp3) is 0.600. The zero-order valence-electron chi connectivity index (χ0n) is 23.1. The molecule has 2 saturated heterocycles. The molecular formula is C30H43N7O. The molecule has 6 rings (SSSR count). The van der Waals surface area contributed by atoms with Crippen LogP contribution in [0.4, 0.5) is 5.69 Å². The minimum absolute atomic E-state index is 0.00886. The van der Waals surface area contributed by atoms with Crippen molar-refractivity contribution in [2.45, 2.75) is 77.5 Å². The van der Waals surface area contributed by atoms with Gasteiger partial charge >= 0.3 is 0 Å². The molecule has 1 saturated carbocycles. The van der Waals surface area contributed by atoms with Crippen molar-refractivity contribution < 1.29 is 0 Å². The second-order valence-corrected chi connectivity index (χ2v) is 11.6. The highest BCUT2D eigenvalue weighted by Gasteiger charge is 2.26. The van der Waals surface area contributed by atoms with E-state index in [9.17, 15) is 4.79 Å². The maximum absolute atomic E-state index is 12.5. The van der Waals surface area contributed by atoms with Gasteiger partial charge in [0.1, 0.15) is 0 Å². The number of H-pyrrole nitrogens is 1. The summed E-state index contributed by atoms with van der Waals surface area (Å²) in [5.41, 5.74) is 6.61. The fourth-order valence-electron chi connectivity index (χ4n) is 6.91. The number of hydrogen-bond donors (Lipinski definition) is 3. The van der Waals surface area contributed by atoms with Crippen LogP contribution >= 0.6 is 0 Å². The maximum atomic E-state index is 12.5. The second-order valence-electron chi connectivity index (χ2n) is 11.6. The van der Waals surface area contributed by atoms with Crippen LogP contribution in [-0.4, -0.2) is 65.0 Å². The molecule has 0 atom stereocenters. The summed E-state index contributed by atoms with van der Waals surface area (Å²) in [4.78, 5) is 20.8. The molecule has 204 valence electrons. The first-order valence-electron chi connectivity index (χ1n) is 14.7. The van der Waals surface area contributed by atoms with E-state index in [-0.39, 0.29) is 5.56 Å². The number of nitrogens with zero attached hydrogens (tertiary/aromatic N) is 4. The quantitative estimate of drug-likeness (QED) is 0.444. The van der Waals surface area contributed by atoms with Crippen LogP contribution in [0.1, 0.15) is 67.0 Å². The van der Waals surface area contributed by atoms with Crippen molar-refractivity contribution in [1.82, 2.24) is 30.3 Å². The normalized spacial score (nSPS) is 20.1. The number of hydrogen-bond acceptors (Lipinski definition) is 6. The molecule has 0 spiro atoms. The predicted octanol–water partition coefficient (Wildman–Crippen LogP) is 3.62. The Morgan fingerprint density at radius 3 is 2.45 bits per heavy atom. The van der Waals surface area contributed by atoms with E-state index in [0.29, 0.717) is 19.1 Å². The minimum Gasteiger partial charge on any atom is -0.369 e. The van der Waals surface area contributed by atoms with Gasteiger partial charge in [0.25, 0.3) is 5.56 Å². The molecule has 0 unspecified atom stereocenters. The van der Waals surface area contributed by atoms with Crippen LogP contribution in [0.5, 0.6) is 0 Å². The molecule has 4 heterocycles. The summed E-state index contributed by atoms with van der Waals surface area (Å²) >= 11 is 0. The van der Waals surface area contributed by atoms with E-state index >= 15 is 0 Å². The first kappa shape index (κ1) is 25.6. The minimum atomic E-state index is 0.00886. The van der Waals surface area contributed by atoms with Gasteiger partial charge in [-0.1, -0.05) is 12.8 Å². The summed E-state index contributed by atoms with van der Waals surface area (Å²) in [6, 6.07) is 8.04. The van der Waals surface area contributed by atoms with E-state index in [1.165, 1.54) is 60.7 Å². The lowest BCUT2D eigenvalue weighted by Crippen LogP contribution is -2.52. The summed E-state index contributed by atoms with van der Waals surface area (Å²) in [6.07, 6.45) is 9.63. The molecule has 2 aromatic heterocycles. The lowest BCUT2D eigenvalue weighted by molar-refractivity contribution is 0.153. The third-order valence-electron chi connectivity index (χ3n) is 9.07. The first-order valence-corrected chi connectivity index (χ1v) is 14.7. The van der Waals surface area contributed by atoms with Crippen molar-refractivity contribution >= 4 is 16.6 Å². The molecule has 2 aliphatic heterocycles. The Hall–Kier alpha value is -2.68. The van der Waals surface area contributed by atoms with Crippen molar-refractivity contribution in [2.24, 2.45) is 0 Å². The number of piperidine rings is 1. The van der Waals surface area contributed by atoms with Crippen LogP contribution in [0, 0.1) is 13.8 Å². The summed E-state index contributed by atoms with van der Waals surface area (Å²) in [7, 11) is 0. The summed E-state index contributed by atoms with van der Waals surface area (Å²) in [5, 5.41) is 13.2. The van der Waals surface area contributed by atoms with Crippen LogP contribution in [-0.2, 0) is 13.1 Å². The number of nitrogens with one attached hydrogen (secondary N) is 3. The molecule has 0 amide bonds. The van der Waals surface area contributed by atoms with Crippen molar-refractivity contribution in [3.63, 3.8) is 0 Å². The zero-order chi connectivity index (χ0) is 26.1. The summed E-state index contributed by atoms with van der Waals surface area (Å²) in [5.74, 6) is 0. The highest BCUT2D eigenvalue weighted by molar-refractivity contribution is 5.86. The van der Waals surface area contributed by atoms with Crippen LogP contribution in [0.2, 0.25) is 0 Å². The van der Waals surface area contributed by atoms with E-state index in [4.69, 9.17) is 5.10 Å². The Labute approximate surface area is 225 Å². The Kier molecular flexibility index (Phi) is 7.54. The van der Waals surface area contributed by atoms with Gasteiger partial charge in [0, 0.05) is 67.6 Å². The van der Waals surface area contributed by atoms with Gasteiger partial charge in [-0.3, -0.25) is 14.4 Å². The lowest BCUT2D eigenvalue weighted by Gasteiger charge is -2.41. The van der Waals surface area contributed by atoms with Gasteiger partial charge in [0.2, 0.25) is 0 Å². The highest BCUT2D eigenvalue weighted by Crippen LogP contribution is 2.35. The van der Waals surface area contributed by atoms with Crippen LogP contribution in [0.3, 0.4) is 0 Å². The Bertz CT molecular complexity index is 1310. The van der Waals surface area contributed by atoms with Crippen molar-refractivity contribution in [3.8, 4) is 0 Å². The van der Waals surface area contributed by atoms with E-state index in [1.54, 1.807) is 0 Å². The van der Waals surface area contributed by atoms with E-state index < -0.39 is 0 Å². The molecule has 8 nitrogen and oxygen atoms in total. The molecule has 0 bridgehead atoms. The van der Waals surface area contributed by atoms with Crippen LogP contribution in [0.25, 0.3) is 10.9 Å². The van der Waals surface area contributed by atoms with Gasteiger partial charge in [-0.05, 0) is 81.9 Å². The maximum Gasteiger partial charge on any atom is 0.252 e. The number of anilines is 1. The van der Waals surface area contributed by atoms with Crippen molar-refractivity contribution in [2.75, 3.05) is 44.2 Å². The van der Waals surface area contributed by atoms with E-state index in [0.717, 1.165) is 62.1 Å². The van der Waals surface area contributed by atoms with Gasteiger partial charge in [-0.15, -0.1) is 0 Å². The highest BCUT2D eigenvalue weighted by atomic mass is 16.1. The first-order chi connectivity index (χ1) is 18.6. The van der Waals surface area contributed by atoms with Gasteiger partial charge in [-0.2, -0.15) is 5.10 Å². The summed E-state index contributed by atoms with van der Waals surface area (Å²) < 4.78 is 2.30. The third kappa shape index (κ3) is 5.26. The van der Waals surface area contributed by atoms with Crippen molar-refractivity contribution in [1.29, 1.82) is 0 Å². The Morgan fingerprint density at radius 1 is 0.947 bits per heavy atom. The number of rotatable bonds is 7. The standard InChI is InChI=1S/C30H43N7O/c1-21-15-22(2)34-30(38)27(21)19-32-18-23-16-26(17-29-28(23)20-33-37(29)25-5-3-4-6-25)36-13-11-35(12-14-36)24-7-9-31-10-8-24/h15-17,20,24-25,31-32H,3-14,18-19H2,1-2H3,(H,34,38). The molecular weight excluding hydrogens is 474 g/mol.